The molecular formula is C14H17Cl2N3. The number of fused-ring (bicyclic) bond motifs is 1. The standard InChI is InChI=1S/C14H16ClN3.ClH/c15-12-9-17-8-10-2-1-3-13(14(10)12)18-11-4-6-16-7-5-11;/h1-3,8-9,11,16,18H,4-7H2;1H. The average molecular weight is 298 g/mol. The molecule has 1 aliphatic heterocycles. The zero-order valence-corrected chi connectivity index (χ0v) is 12.1. The van der Waals surface area contributed by atoms with Crippen LogP contribution in [0.5, 0.6) is 0 Å². The quantitative estimate of drug-likeness (QED) is 0.891. The molecule has 0 unspecified atom stereocenters. The molecule has 0 amide bonds. The first-order valence-corrected chi connectivity index (χ1v) is 6.72. The van der Waals surface area contributed by atoms with Gasteiger partial charge in [-0.25, -0.2) is 0 Å². The Morgan fingerprint density at radius 3 is 2.79 bits per heavy atom. The molecule has 0 bridgehead atoms. The summed E-state index contributed by atoms with van der Waals surface area (Å²) in [5, 5.41) is 9.86. The third kappa shape index (κ3) is 3.11. The number of pyridine rings is 1. The fourth-order valence-electron chi connectivity index (χ4n) is 2.50. The van der Waals surface area contributed by atoms with Gasteiger partial charge in [-0.1, -0.05) is 23.7 Å². The predicted molar refractivity (Wildman–Crippen MR) is 83.5 cm³/mol. The SMILES string of the molecule is Cl.Clc1cncc2cccc(NC3CCNCC3)c12. The molecule has 5 heteroatoms. The number of rotatable bonds is 2. The van der Waals surface area contributed by atoms with Gasteiger partial charge in [-0.3, -0.25) is 4.98 Å². The zero-order chi connectivity index (χ0) is 12.4. The minimum absolute atomic E-state index is 0. The first-order valence-electron chi connectivity index (χ1n) is 6.34. The Labute approximate surface area is 124 Å². The van der Waals surface area contributed by atoms with Crippen LogP contribution in [0, 0.1) is 0 Å². The Bertz CT molecular complexity index is 548. The van der Waals surface area contributed by atoms with Crippen molar-refractivity contribution >= 4 is 40.5 Å². The lowest BCUT2D eigenvalue weighted by molar-refractivity contribution is 0.479. The number of piperidine rings is 1. The van der Waals surface area contributed by atoms with Crippen LogP contribution in [0.3, 0.4) is 0 Å². The molecule has 3 nitrogen and oxygen atoms in total. The van der Waals surface area contributed by atoms with Crippen molar-refractivity contribution in [2.24, 2.45) is 0 Å². The van der Waals surface area contributed by atoms with Gasteiger partial charge in [0.25, 0.3) is 0 Å². The number of aromatic nitrogens is 1. The van der Waals surface area contributed by atoms with Crippen LogP contribution in [0.2, 0.25) is 5.02 Å². The molecule has 2 heterocycles. The van der Waals surface area contributed by atoms with Gasteiger partial charge in [0, 0.05) is 34.9 Å². The monoisotopic (exact) mass is 297 g/mol. The fraction of sp³-hybridized carbons (Fsp3) is 0.357. The summed E-state index contributed by atoms with van der Waals surface area (Å²) in [4.78, 5) is 4.13. The summed E-state index contributed by atoms with van der Waals surface area (Å²) >= 11 is 6.27. The van der Waals surface area contributed by atoms with Gasteiger partial charge >= 0.3 is 0 Å². The van der Waals surface area contributed by atoms with Crippen LogP contribution in [-0.4, -0.2) is 24.1 Å². The smallest absolute Gasteiger partial charge is 0.0688 e. The van der Waals surface area contributed by atoms with Gasteiger partial charge in [0.1, 0.15) is 0 Å². The molecule has 1 fully saturated rings. The van der Waals surface area contributed by atoms with Crippen LogP contribution in [-0.2, 0) is 0 Å². The number of nitrogens with one attached hydrogen (secondary N) is 2. The Balaban J connectivity index is 0.00000133. The lowest BCUT2D eigenvalue weighted by Gasteiger charge is -2.25. The molecule has 0 radical (unpaired) electrons. The van der Waals surface area contributed by atoms with E-state index in [1.165, 1.54) is 0 Å². The Hall–Kier alpha value is -1.03. The third-order valence-electron chi connectivity index (χ3n) is 3.44. The van der Waals surface area contributed by atoms with E-state index in [1.807, 2.05) is 18.3 Å². The summed E-state index contributed by atoms with van der Waals surface area (Å²) in [6, 6.07) is 6.71. The van der Waals surface area contributed by atoms with Crippen molar-refractivity contribution in [1.29, 1.82) is 0 Å². The fourth-order valence-corrected chi connectivity index (χ4v) is 2.77. The van der Waals surface area contributed by atoms with Gasteiger partial charge in [-0.15, -0.1) is 12.4 Å². The molecule has 2 N–H and O–H groups in total. The highest BCUT2D eigenvalue weighted by atomic mass is 35.5. The highest BCUT2D eigenvalue weighted by Crippen LogP contribution is 2.30. The van der Waals surface area contributed by atoms with Crippen molar-refractivity contribution in [1.82, 2.24) is 10.3 Å². The second-order valence-corrected chi connectivity index (χ2v) is 5.10. The topological polar surface area (TPSA) is 37.0 Å². The van der Waals surface area contributed by atoms with E-state index in [-0.39, 0.29) is 12.4 Å². The molecule has 1 aromatic carbocycles. The number of hydrogen-bond donors (Lipinski definition) is 2. The van der Waals surface area contributed by atoms with E-state index in [2.05, 4.69) is 21.7 Å². The van der Waals surface area contributed by atoms with Crippen molar-refractivity contribution in [3.05, 3.63) is 35.6 Å². The number of anilines is 1. The summed E-state index contributed by atoms with van der Waals surface area (Å²) in [5.41, 5.74) is 1.12. The molecule has 0 spiro atoms. The van der Waals surface area contributed by atoms with Crippen molar-refractivity contribution < 1.29 is 0 Å². The molecule has 1 aromatic heterocycles. The minimum atomic E-state index is 0. The minimum Gasteiger partial charge on any atom is -0.382 e. The largest absolute Gasteiger partial charge is 0.382 e. The van der Waals surface area contributed by atoms with Gasteiger partial charge in [0.2, 0.25) is 0 Å². The average Bonchev–Trinajstić information content (AvgIpc) is 2.40. The zero-order valence-electron chi connectivity index (χ0n) is 10.5. The van der Waals surface area contributed by atoms with Crippen LogP contribution in [0.4, 0.5) is 5.69 Å². The van der Waals surface area contributed by atoms with E-state index in [0.29, 0.717) is 11.1 Å². The van der Waals surface area contributed by atoms with Crippen LogP contribution in [0.25, 0.3) is 10.8 Å². The molecule has 0 aliphatic carbocycles. The maximum Gasteiger partial charge on any atom is 0.0688 e. The lowest BCUT2D eigenvalue weighted by Crippen LogP contribution is -2.35. The number of benzene rings is 1. The second-order valence-electron chi connectivity index (χ2n) is 4.69. The summed E-state index contributed by atoms with van der Waals surface area (Å²) < 4.78 is 0. The molecular weight excluding hydrogens is 281 g/mol. The van der Waals surface area contributed by atoms with E-state index >= 15 is 0 Å². The first-order chi connectivity index (χ1) is 8.84. The second kappa shape index (κ2) is 6.42. The van der Waals surface area contributed by atoms with Gasteiger partial charge in [0.15, 0.2) is 0 Å². The summed E-state index contributed by atoms with van der Waals surface area (Å²) in [6.07, 6.45) is 5.87. The van der Waals surface area contributed by atoms with E-state index in [9.17, 15) is 0 Å². The highest BCUT2D eigenvalue weighted by molar-refractivity contribution is 6.36. The van der Waals surface area contributed by atoms with Crippen molar-refractivity contribution in [2.45, 2.75) is 18.9 Å². The van der Waals surface area contributed by atoms with Gasteiger partial charge in [-0.05, 0) is 32.0 Å². The van der Waals surface area contributed by atoms with Crippen molar-refractivity contribution in [3.63, 3.8) is 0 Å². The van der Waals surface area contributed by atoms with Crippen LogP contribution in [0.1, 0.15) is 12.8 Å². The van der Waals surface area contributed by atoms with Crippen molar-refractivity contribution in [3.8, 4) is 0 Å². The van der Waals surface area contributed by atoms with Gasteiger partial charge in [0.05, 0.1) is 5.02 Å². The highest BCUT2D eigenvalue weighted by Gasteiger charge is 2.14. The predicted octanol–water partition coefficient (Wildman–Crippen LogP) is 3.47. The molecule has 2 aromatic rings. The number of hydrogen-bond acceptors (Lipinski definition) is 3. The maximum absolute atomic E-state index is 6.27. The molecule has 102 valence electrons. The van der Waals surface area contributed by atoms with Gasteiger partial charge in [-0.2, -0.15) is 0 Å². The summed E-state index contributed by atoms with van der Waals surface area (Å²) in [5.74, 6) is 0. The number of nitrogens with zero attached hydrogens (tertiary/aromatic N) is 1. The van der Waals surface area contributed by atoms with Crippen LogP contribution >= 0.6 is 24.0 Å². The Kier molecular flexibility index (Phi) is 4.86. The van der Waals surface area contributed by atoms with E-state index < -0.39 is 0 Å². The normalized spacial score (nSPS) is 16.1. The van der Waals surface area contributed by atoms with Crippen LogP contribution in [0.15, 0.2) is 30.6 Å². The van der Waals surface area contributed by atoms with Crippen LogP contribution < -0.4 is 10.6 Å². The Morgan fingerprint density at radius 1 is 1.21 bits per heavy atom. The lowest BCUT2D eigenvalue weighted by atomic mass is 10.0. The first kappa shape index (κ1) is 14.4. The number of halogens is 2. The Morgan fingerprint density at radius 2 is 2.00 bits per heavy atom. The summed E-state index contributed by atoms with van der Waals surface area (Å²) in [6.45, 7) is 2.16. The third-order valence-corrected chi connectivity index (χ3v) is 3.72. The molecule has 0 atom stereocenters. The van der Waals surface area contributed by atoms with E-state index in [4.69, 9.17) is 11.6 Å². The van der Waals surface area contributed by atoms with Gasteiger partial charge < -0.3 is 10.6 Å². The van der Waals surface area contributed by atoms with E-state index in [1.54, 1.807) is 6.20 Å². The molecule has 1 aliphatic rings. The molecule has 1 saturated heterocycles. The van der Waals surface area contributed by atoms with E-state index in [0.717, 1.165) is 42.4 Å². The molecule has 19 heavy (non-hydrogen) atoms. The molecule has 3 rings (SSSR count). The van der Waals surface area contributed by atoms with Crippen molar-refractivity contribution in [2.75, 3.05) is 18.4 Å². The summed E-state index contributed by atoms with van der Waals surface area (Å²) in [7, 11) is 0. The maximum atomic E-state index is 6.27. The molecule has 0 saturated carbocycles.